The van der Waals surface area contributed by atoms with Crippen LogP contribution in [0.15, 0.2) is 54.7 Å². The highest BCUT2D eigenvalue weighted by Gasteiger charge is 2.24. The molecule has 1 aromatic heterocycles. The van der Waals surface area contributed by atoms with E-state index in [-0.39, 0.29) is 11.7 Å². The van der Waals surface area contributed by atoms with E-state index in [1.165, 1.54) is 23.1 Å². The van der Waals surface area contributed by atoms with Crippen molar-refractivity contribution in [3.05, 3.63) is 71.7 Å². The number of fused-ring (bicyclic) bond motifs is 1. The number of carbonyl (C=O) groups excluding carboxylic acids is 1. The summed E-state index contributed by atoms with van der Waals surface area (Å²) in [6, 6.07) is 12.2. The first kappa shape index (κ1) is 18.3. The summed E-state index contributed by atoms with van der Waals surface area (Å²) in [4.78, 5) is 17.7. The van der Waals surface area contributed by atoms with Gasteiger partial charge in [-0.2, -0.15) is 0 Å². The molecule has 1 amide bonds. The number of carbonyl (C=O) groups is 1. The minimum absolute atomic E-state index is 0.00312. The lowest BCUT2D eigenvalue weighted by molar-refractivity contribution is -0.126. The van der Waals surface area contributed by atoms with Gasteiger partial charge in [-0.1, -0.05) is 12.1 Å². The third-order valence-electron chi connectivity index (χ3n) is 5.46. The predicted octanol–water partition coefficient (Wildman–Crippen LogP) is 4.74. The van der Waals surface area contributed by atoms with Gasteiger partial charge in [0.25, 0.3) is 0 Å². The molecule has 0 atom stereocenters. The highest BCUT2D eigenvalue weighted by atomic mass is 19.1. The summed E-state index contributed by atoms with van der Waals surface area (Å²) >= 11 is 0. The summed E-state index contributed by atoms with van der Waals surface area (Å²) in [5.74, 6) is 1.00. The first-order valence-corrected chi connectivity index (χ1v) is 9.51. The number of piperidine rings is 1. The highest BCUT2D eigenvalue weighted by molar-refractivity contribution is 5.92. The molecule has 1 N–H and O–H groups in total. The number of ether oxygens (including phenoxy) is 1. The number of rotatable bonds is 4. The number of hydrogen-bond donors (Lipinski definition) is 1. The van der Waals surface area contributed by atoms with Crippen molar-refractivity contribution in [3.8, 4) is 5.75 Å². The molecule has 4 rings (SSSR count). The SMILES string of the molecule is COc1ccc2[nH]cc(C3CCN(C(=O)/C=C/c4ccc(F)cc4)CC3)c2c1. The number of aromatic nitrogens is 1. The van der Waals surface area contributed by atoms with Crippen molar-refractivity contribution in [2.75, 3.05) is 20.2 Å². The summed E-state index contributed by atoms with van der Waals surface area (Å²) in [5.41, 5.74) is 3.22. The summed E-state index contributed by atoms with van der Waals surface area (Å²) < 4.78 is 18.3. The average Bonchev–Trinajstić information content (AvgIpc) is 3.16. The first-order chi connectivity index (χ1) is 13.6. The Morgan fingerprint density at radius 3 is 2.64 bits per heavy atom. The third-order valence-corrected chi connectivity index (χ3v) is 5.46. The Bertz CT molecular complexity index is 999. The van der Waals surface area contributed by atoms with Crippen molar-refractivity contribution in [1.29, 1.82) is 0 Å². The van der Waals surface area contributed by atoms with E-state index < -0.39 is 0 Å². The third kappa shape index (κ3) is 3.79. The maximum absolute atomic E-state index is 13.0. The van der Waals surface area contributed by atoms with E-state index in [2.05, 4.69) is 17.2 Å². The Morgan fingerprint density at radius 1 is 1.18 bits per heavy atom. The van der Waals surface area contributed by atoms with Crippen LogP contribution in [0, 0.1) is 5.82 Å². The van der Waals surface area contributed by atoms with Crippen molar-refractivity contribution in [2.45, 2.75) is 18.8 Å². The Labute approximate surface area is 163 Å². The fraction of sp³-hybridized carbons (Fsp3) is 0.261. The predicted molar refractivity (Wildman–Crippen MR) is 109 cm³/mol. The fourth-order valence-corrected chi connectivity index (χ4v) is 3.84. The zero-order valence-electron chi connectivity index (χ0n) is 15.8. The maximum atomic E-state index is 13.0. The number of H-pyrrole nitrogens is 1. The van der Waals surface area contributed by atoms with Crippen LogP contribution >= 0.6 is 0 Å². The minimum Gasteiger partial charge on any atom is -0.497 e. The molecule has 1 aliphatic heterocycles. The molecule has 5 heteroatoms. The molecule has 28 heavy (non-hydrogen) atoms. The van der Waals surface area contributed by atoms with E-state index in [0.29, 0.717) is 5.92 Å². The Balaban J connectivity index is 1.40. The van der Waals surface area contributed by atoms with Crippen molar-refractivity contribution in [3.63, 3.8) is 0 Å². The van der Waals surface area contributed by atoms with Crippen molar-refractivity contribution in [2.24, 2.45) is 0 Å². The lowest BCUT2D eigenvalue weighted by Gasteiger charge is -2.31. The molecular formula is C23H23FN2O2. The van der Waals surface area contributed by atoms with Crippen molar-refractivity contribution >= 4 is 22.9 Å². The molecule has 0 saturated carbocycles. The van der Waals surface area contributed by atoms with Crippen LogP contribution in [0.5, 0.6) is 5.75 Å². The van der Waals surface area contributed by atoms with Gasteiger partial charge in [0.1, 0.15) is 11.6 Å². The average molecular weight is 378 g/mol. The second-order valence-corrected chi connectivity index (χ2v) is 7.14. The molecule has 0 bridgehead atoms. The lowest BCUT2D eigenvalue weighted by atomic mass is 9.89. The van der Waals surface area contributed by atoms with Crippen molar-refractivity contribution < 1.29 is 13.9 Å². The standard InChI is InChI=1S/C23H23FN2O2/c1-28-19-7-8-22-20(14-19)21(15-25-22)17-10-12-26(13-11-17)23(27)9-4-16-2-5-18(24)6-3-16/h2-9,14-15,17,25H,10-13H2,1H3/b9-4+. The van der Waals surface area contributed by atoms with Gasteiger partial charge in [0.05, 0.1) is 7.11 Å². The highest BCUT2D eigenvalue weighted by Crippen LogP contribution is 2.34. The van der Waals surface area contributed by atoms with Gasteiger partial charge >= 0.3 is 0 Å². The summed E-state index contributed by atoms with van der Waals surface area (Å²) in [6.45, 7) is 1.46. The van der Waals surface area contributed by atoms with Gasteiger partial charge in [-0.15, -0.1) is 0 Å². The van der Waals surface area contributed by atoms with Crippen LogP contribution in [0.2, 0.25) is 0 Å². The number of aromatic amines is 1. The van der Waals surface area contributed by atoms with E-state index in [1.54, 1.807) is 31.4 Å². The number of nitrogens with one attached hydrogen (secondary N) is 1. The number of methoxy groups -OCH3 is 1. The van der Waals surface area contributed by atoms with E-state index >= 15 is 0 Å². The van der Waals surface area contributed by atoms with Gasteiger partial charge in [-0.25, -0.2) is 4.39 Å². The number of nitrogens with zero attached hydrogens (tertiary/aromatic N) is 1. The van der Waals surface area contributed by atoms with Crippen LogP contribution in [0.1, 0.15) is 29.9 Å². The van der Waals surface area contributed by atoms with Crippen LogP contribution in [0.3, 0.4) is 0 Å². The monoisotopic (exact) mass is 378 g/mol. The Kier molecular flexibility index (Phi) is 5.15. The molecule has 0 radical (unpaired) electrons. The van der Waals surface area contributed by atoms with Gasteiger partial charge in [0.15, 0.2) is 0 Å². The molecule has 144 valence electrons. The maximum Gasteiger partial charge on any atom is 0.246 e. The molecule has 0 spiro atoms. The topological polar surface area (TPSA) is 45.3 Å². The number of likely N-dealkylation sites (tertiary alicyclic amines) is 1. The van der Waals surface area contributed by atoms with Crippen molar-refractivity contribution in [1.82, 2.24) is 9.88 Å². The fourth-order valence-electron chi connectivity index (χ4n) is 3.84. The lowest BCUT2D eigenvalue weighted by Crippen LogP contribution is -2.36. The summed E-state index contributed by atoms with van der Waals surface area (Å²) in [6.07, 6.45) is 7.26. The second-order valence-electron chi connectivity index (χ2n) is 7.14. The zero-order chi connectivity index (χ0) is 19.5. The number of benzene rings is 2. The van der Waals surface area contributed by atoms with Gasteiger partial charge in [0.2, 0.25) is 5.91 Å². The van der Waals surface area contributed by atoms with Gasteiger partial charge in [0, 0.05) is 36.3 Å². The van der Waals surface area contributed by atoms with Crippen LogP contribution in [0.4, 0.5) is 4.39 Å². The van der Waals surface area contributed by atoms with Crippen LogP contribution in [-0.4, -0.2) is 36.0 Å². The first-order valence-electron chi connectivity index (χ1n) is 9.51. The molecule has 2 heterocycles. The minimum atomic E-state index is -0.277. The Morgan fingerprint density at radius 2 is 1.93 bits per heavy atom. The summed E-state index contributed by atoms with van der Waals surface area (Å²) in [7, 11) is 1.68. The van der Waals surface area contributed by atoms with Crippen LogP contribution < -0.4 is 4.74 Å². The molecule has 0 unspecified atom stereocenters. The van der Waals surface area contributed by atoms with Crippen LogP contribution in [0.25, 0.3) is 17.0 Å². The van der Waals surface area contributed by atoms with E-state index in [4.69, 9.17) is 4.74 Å². The smallest absolute Gasteiger partial charge is 0.246 e. The summed E-state index contributed by atoms with van der Waals surface area (Å²) in [5, 5.41) is 1.19. The molecule has 1 aliphatic rings. The van der Waals surface area contributed by atoms with E-state index in [1.807, 2.05) is 17.0 Å². The van der Waals surface area contributed by atoms with Gasteiger partial charge in [-0.05, 0) is 66.3 Å². The molecule has 3 aromatic rings. The quantitative estimate of drug-likeness (QED) is 0.667. The van der Waals surface area contributed by atoms with E-state index in [0.717, 1.165) is 42.8 Å². The van der Waals surface area contributed by atoms with Crippen LogP contribution in [-0.2, 0) is 4.79 Å². The largest absolute Gasteiger partial charge is 0.497 e. The second kappa shape index (κ2) is 7.89. The molecule has 2 aromatic carbocycles. The van der Waals surface area contributed by atoms with Gasteiger partial charge in [-0.3, -0.25) is 4.79 Å². The molecule has 4 nitrogen and oxygen atoms in total. The number of hydrogen-bond acceptors (Lipinski definition) is 2. The molecule has 1 saturated heterocycles. The number of amides is 1. The number of halogens is 1. The zero-order valence-corrected chi connectivity index (χ0v) is 15.8. The normalized spacial score (nSPS) is 15.4. The molecular weight excluding hydrogens is 355 g/mol. The Hall–Kier alpha value is -3.08. The van der Waals surface area contributed by atoms with E-state index in [9.17, 15) is 9.18 Å². The molecule has 0 aliphatic carbocycles. The van der Waals surface area contributed by atoms with Gasteiger partial charge < -0.3 is 14.6 Å². The molecule has 1 fully saturated rings.